The van der Waals surface area contributed by atoms with Crippen LogP contribution in [-0.4, -0.2) is 15.7 Å². The molecule has 0 unspecified atom stereocenters. The summed E-state index contributed by atoms with van der Waals surface area (Å²) < 4.78 is 0. The minimum atomic E-state index is 0.483. The lowest BCUT2D eigenvalue weighted by atomic mass is 9.82. The predicted molar refractivity (Wildman–Crippen MR) is 103 cm³/mol. The molecule has 1 aliphatic rings. The zero-order valence-electron chi connectivity index (χ0n) is 13.8. The van der Waals surface area contributed by atoms with Gasteiger partial charge in [0, 0.05) is 23.0 Å². The minimum absolute atomic E-state index is 0.483. The van der Waals surface area contributed by atoms with Crippen molar-refractivity contribution in [1.29, 1.82) is 0 Å². The van der Waals surface area contributed by atoms with Gasteiger partial charge in [0.15, 0.2) is 0 Å². The van der Waals surface area contributed by atoms with Gasteiger partial charge in [0.05, 0.1) is 0 Å². The molecule has 112 valence electrons. The zero-order valence-corrected chi connectivity index (χ0v) is 13.8. The molecule has 0 saturated heterocycles. The monoisotopic (exact) mass is 304 g/mol. The quantitative estimate of drug-likeness (QED) is 0.518. The van der Waals surface area contributed by atoms with Gasteiger partial charge in [-0.25, -0.2) is 0 Å². The molecule has 1 fully saturated rings. The highest BCUT2D eigenvalue weighted by molar-refractivity contribution is 6.32. The molecule has 0 aromatic heterocycles. The first kappa shape index (κ1) is 16.5. The molecule has 0 spiro atoms. The fourth-order valence-corrected chi connectivity index (χ4v) is 2.89. The second-order valence-electron chi connectivity index (χ2n) is 6.33. The number of hydrogen-bond donors (Lipinski definition) is 0. The Morgan fingerprint density at radius 2 is 0.917 bits per heavy atom. The van der Waals surface area contributed by atoms with Crippen LogP contribution in [0.25, 0.3) is 0 Å². The normalized spacial score (nSPS) is 19.5. The van der Waals surface area contributed by atoms with Crippen LogP contribution in [0.4, 0.5) is 0 Å². The third-order valence-electron chi connectivity index (χ3n) is 4.39. The van der Waals surface area contributed by atoms with E-state index in [9.17, 15) is 0 Å². The Kier molecular flexibility index (Phi) is 5.51. The van der Waals surface area contributed by atoms with Gasteiger partial charge in [0.1, 0.15) is 15.7 Å². The lowest BCUT2D eigenvalue weighted by Gasteiger charge is -2.21. The van der Waals surface area contributed by atoms with Crippen LogP contribution >= 0.6 is 0 Å². The molecule has 1 saturated carbocycles. The molecule has 0 N–H and O–H groups in total. The fraction of sp³-hybridized carbons (Fsp3) is 0.273. The summed E-state index contributed by atoms with van der Waals surface area (Å²) in [4.78, 5) is 0. The van der Waals surface area contributed by atoms with Gasteiger partial charge >= 0.3 is 0 Å². The smallest absolute Gasteiger partial charge is 0.0966 e. The van der Waals surface area contributed by atoms with E-state index in [-0.39, 0.29) is 0 Å². The largest absolute Gasteiger partial charge is 0.113 e. The Hall–Kier alpha value is -2.31. The highest BCUT2D eigenvalue weighted by Gasteiger charge is 2.18. The molecule has 2 aromatic carbocycles. The van der Waals surface area contributed by atoms with Gasteiger partial charge in [-0.05, 0) is 49.9 Å². The number of rotatable bonds is 0. The summed E-state index contributed by atoms with van der Waals surface area (Å²) in [5.41, 5.74) is 3.63. The zero-order chi connectivity index (χ0) is 16.8. The van der Waals surface area contributed by atoms with Crippen LogP contribution < -0.4 is 10.9 Å². The molecule has 0 bridgehead atoms. The fourth-order valence-electron chi connectivity index (χ4n) is 2.89. The van der Waals surface area contributed by atoms with Gasteiger partial charge in [-0.1, -0.05) is 58.9 Å². The Labute approximate surface area is 147 Å². The number of benzene rings is 2. The molecular formula is C22H18B2. The van der Waals surface area contributed by atoms with Crippen molar-refractivity contribution in [2.24, 2.45) is 11.8 Å². The van der Waals surface area contributed by atoms with Gasteiger partial charge in [-0.2, -0.15) is 0 Å². The molecule has 24 heavy (non-hydrogen) atoms. The SMILES string of the molecule is [B]c1ccc(C#CC2CCC(C#Cc3ccc([B])cc3)CC2)cc1. The third kappa shape index (κ3) is 4.84. The van der Waals surface area contributed by atoms with Crippen molar-refractivity contribution in [3.05, 3.63) is 59.7 Å². The van der Waals surface area contributed by atoms with Crippen molar-refractivity contribution in [2.45, 2.75) is 25.7 Å². The van der Waals surface area contributed by atoms with Crippen LogP contribution in [0.1, 0.15) is 36.8 Å². The van der Waals surface area contributed by atoms with Crippen molar-refractivity contribution in [1.82, 2.24) is 0 Å². The summed E-state index contributed by atoms with van der Waals surface area (Å²) in [6.45, 7) is 0. The molecule has 2 aromatic rings. The molecule has 0 aliphatic heterocycles. The van der Waals surface area contributed by atoms with E-state index in [0.29, 0.717) is 11.8 Å². The average molecular weight is 304 g/mol. The molecular weight excluding hydrogens is 286 g/mol. The maximum absolute atomic E-state index is 5.69. The summed E-state index contributed by atoms with van der Waals surface area (Å²) in [6.07, 6.45) is 4.51. The summed E-state index contributed by atoms with van der Waals surface area (Å²) >= 11 is 0. The summed E-state index contributed by atoms with van der Waals surface area (Å²) in [5, 5.41) is 0. The van der Waals surface area contributed by atoms with E-state index < -0.39 is 0 Å². The van der Waals surface area contributed by atoms with Crippen LogP contribution in [0.2, 0.25) is 0 Å². The van der Waals surface area contributed by atoms with Crippen molar-refractivity contribution < 1.29 is 0 Å². The van der Waals surface area contributed by atoms with Gasteiger partial charge in [0.2, 0.25) is 0 Å². The first-order valence-electron chi connectivity index (χ1n) is 8.43. The average Bonchev–Trinajstić information content (AvgIpc) is 2.62. The lowest BCUT2D eigenvalue weighted by molar-refractivity contribution is 0.373. The minimum Gasteiger partial charge on any atom is -0.0966 e. The van der Waals surface area contributed by atoms with Crippen LogP contribution in [0, 0.1) is 35.5 Å². The van der Waals surface area contributed by atoms with Gasteiger partial charge < -0.3 is 0 Å². The van der Waals surface area contributed by atoms with Crippen LogP contribution in [0.15, 0.2) is 48.5 Å². The Morgan fingerprint density at radius 3 is 1.25 bits per heavy atom. The topological polar surface area (TPSA) is 0 Å². The summed E-state index contributed by atoms with van der Waals surface area (Å²) in [7, 11) is 11.4. The van der Waals surface area contributed by atoms with Gasteiger partial charge in [-0.15, -0.1) is 0 Å². The Bertz CT molecular complexity index is 716. The third-order valence-corrected chi connectivity index (χ3v) is 4.39. The standard InChI is InChI=1S/C22H18B2/c23-21-13-9-19(10-14-21)7-5-17-1-2-18(4-3-17)6-8-20-11-15-22(24)16-12-20/h9-18H,1-4H2. The van der Waals surface area contributed by atoms with Crippen molar-refractivity contribution >= 4 is 26.6 Å². The molecule has 2 heteroatoms. The van der Waals surface area contributed by atoms with E-state index >= 15 is 0 Å². The highest BCUT2D eigenvalue weighted by atomic mass is 14.2. The van der Waals surface area contributed by atoms with Crippen molar-refractivity contribution in [2.75, 3.05) is 0 Å². The Morgan fingerprint density at radius 1 is 0.583 bits per heavy atom. The maximum Gasteiger partial charge on any atom is 0.113 e. The van der Waals surface area contributed by atoms with Gasteiger partial charge in [-0.3, -0.25) is 0 Å². The van der Waals surface area contributed by atoms with Crippen molar-refractivity contribution in [3.63, 3.8) is 0 Å². The van der Waals surface area contributed by atoms with E-state index in [4.69, 9.17) is 15.7 Å². The second kappa shape index (κ2) is 7.99. The molecule has 3 rings (SSSR count). The summed E-state index contributed by atoms with van der Waals surface area (Å²) in [6, 6.07) is 15.5. The molecule has 0 amide bonds. The van der Waals surface area contributed by atoms with E-state index in [1.807, 2.05) is 48.5 Å². The molecule has 0 atom stereocenters. The maximum atomic E-state index is 5.69. The first-order chi connectivity index (χ1) is 11.7. The van der Waals surface area contributed by atoms with Crippen LogP contribution in [0.3, 0.4) is 0 Å². The van der Waals surface area contributed by atoms with Crippen LogP contribution in [0.5, 0.6) is 0 Å². The molecule has 0 nitrogen and oxygen atoms in total. The van der Waals surface area contributed by atoms with E-state index in [2.05, 4.69) is 23.7 Å². The van der Waals surface area contributed by atoms with Gasteiger partial charge in [0.25, 0.3) is 0 Å². The van der Waals surface area contributed by atoms with Crippen molar-refractivity contribution in [3.8, 4) is 23.7 Å². The van der Waals surface area contributed by atoms with Crippen LogP contribution in [-0.2, 0) is 0 Å². The second-order valence-corrected chi connectivity index (χ2v) is 6.33. The first-order valence-corrected chi connectivity index (χ1v) is 8.43. The highest BCUT2D eigenvalue weighted by Crippen LogP contribution is 2.28. The lowest BCUT2D eigenvalue weighted by Crippen LogP contribution is -2.12. The Balaban J connectivity index is 1.53. The predicted octanol–water partition coefficient (Wildman–Crippen LogP) is 2.48. The number of hydrogen-bond acceptors (Lipinski definition) is 0. The van der Waals surface area contributed by atoms with E-state index in [1.54, 1.807) is 0 Å². The molecule has 4 radical (unpaired) electrons. The summed E-state index contributed by atoms with van der Waals surface area (Å²) in [5.74, 6) is 14.3. The molecule has 1 aliphatic carbocycles. The van der Waals surface area contributed by atoms with E-state index in [0.717, 1.165) is 47.7 Å². The molecule has 0 heterocycles. The van der Waals surface area contributed by atoms with E-state index in [1.165, 1.54) is 0 Å².